The Morgan fingerprint density at radius 1 is 1.11 bits per heavy atom. The summed E-state index contributed by atoms with van der Waals surface area (Å²) in [5, 5.41) is 9.69. The molecule has 0 saturated carbocycles. The van der Waals surface area contributed by atoms with Crippen LogP contribution in [0.25, 0.3) is 0 Å². The van der Waals surface area contributed by atoms with E-state index in [1.165, 1.54) is 25.7 Å². The molecule has 0 atom stereocenters. The molecule has 1 saturated heterocycles. The van der Waals surface area contributed by atoms with Gasteiger partial charge in [0, 0.05) is 6.42 Å². The number of carbonyl (C=O) groups is 2. The summed E-state index contributed by atoms with van der Waals surface area (Å²) in [6.07, 6.45) is 8.34. The zero-order valence-corrected chi connectivity index (χ0v) is 11.0. The molecule has 18 heavy (non-hydrogen) atoms. The molecule has 0 aromatic heterocycles. The molecule has 0 amide bonds. The third-order valence-corrected chi connectivity index (χ3v) is 3.12. The maximum atomic E-state index is 11.3. The maximum Gasteiger partial charge on any atom is 0.345 e. The lowest BCUT2D eigenvalue weighted by molar-refractivity contribution is -0.135. The summed E-state index contributed by atoms with van der Waals surface area (Å²) in [4.78, 5) is 22.4. The van der Waals surface area contributed by atoms with Crippen LogP contribution in [0.2, 0.25) is 0 Å². The fraction of sp³-hybridized carbons (Fsp3) is 0.714. The molecule has 0 aromatic carbocycles. The second-order valence-corrected chi connectivity index (χ2v) is 4.69. The average molecular weight is 254 g/mol. The molecule has 1 fully saturated rings. The number of unbranched alkanes of at least 4 members (excludes halogenated alkanes) is 6. The Balaban J connectivity index is 2.21. The molecule has 4 nitrogen and oxygen atoms in total. The summed E-state index contributed by atoms with van der Waals surface area (Å²) in [5.41, 5.74) is -0.138. The molecular weight excluding hydrogens is 232 g/mol. The number of ketones is 1. The molecule has 0 bridgehead atoms. The lowest BCUT2D eigenvalue weighted by Gasteiger charge is -2.02. The first-order chi connectivity index (χ1) is 8.66. The Kier molecular flexibility index (Phi) is 6.47. The second-order valence-electron chi connectivity index (χ2n) is 4.69. The number of ether oxygens (including phenoxy) is 1. The van der Waals surface area contributed by atoms with Gasteiger partial charge in [-0.15, -0.1) is 0 Å². The minimum atomic E-state index is -0.680. The van der Waals surface area contributed by atoms with E-state index in [0.29, 0.717) is 6.42 Å². The summed E-state index contributed by atoms with van der Waals surface area (Å²) >= 11 is 0. The van der Waals surface area contributed by atoms with E-state index in [9.17, 15) is 14.7 Å². The minimum Gasteiger partial charge on any atom is -0.511 e. The van der Waals surface area contributed by atoms with Crippen molar-refractivity contribution >= 4 is 11.8 Å². The minimum absolute atomic E-state index is 0.101. The van der Waals surface area contributed by atoms with Gasteiger partial charge in [0.05, 0.1) is 0 Å². The predicted molar refractivity (Wildman–Crippen MR) is 68.2 cm³/mol. The van der Waals surface area contributed by atoms with Gasteiger partial charge in [0.2, 0.25) is 5.78 Å². The first-order valence-corrected chi connectivity index (χ1v) is 6.79. The van der Waals surface area contributed by atoms with Gasteiger partial charge in [-0.25, -0.2) is 4.79 Å². The Morgan fingerprint density at radius 2 is 1.72 bits per heavy atom. The lowest BCUT2D eigenvalue weighted by Crippen LogP contribution is -2.05. The second kappa shape index (κ2) is 7.90. The normalized spacial score (nSPS) is 18.1. The summed E-state index contributed by atoms with van der Waals surface area (Å²) in [6, 6.07) is 0. The van der Waals surface area contributed by atoms with Crippen LogP contribution in [0.1, 0.15) is 58.3 Å². The molecule has 1 N–H and O–H groups in total. The van der Waals surface area contributed by atoms with Crippen LogP contribution in [0, 0.1) is 0 Å². The molecule has 0 spiro atoms. The Labute approximate surface area is 108 Å². The zero-order valence-electron chi connectivity index (χ0n) is 11.0. The highest BCUT2D eigenvalue weighted by Crippen LogP contribution is 2.18. The number of aliphatic hydroxyl groups excluding tert-OH is 1. The molecule has 0 radical (unpaired) electrons. The van der Waals surface area contributed by atoms with Gasteiger partial charge in [-0.3, -0.25) is 4.79 Å². The van der Waals surface area contributed by atoms with Crippen molar-refractivity contribution in [1.29, 1.82) is 0 Å². The molecule has 0 aliphatic carbocycles. The number of allylic oxidation sites excluding steroid dienone is 1. The number of Topliss-reactive ketones (excluding diaryl/α,β-unsaturated/α-hetero) is 1. The Hall–Kier alpha value is -1.32. The van der Waals surface area contributed by atoms with E-state index in [1.54, 1.807) is 0 Å². The van der Waals surface area contributed by atoms with Gasteiger partial charge in [0.15, 0.2) is 6.61 Å². The summed E-state index contributed by atoms with van der Waals surface area (Å²) < 4.78 is 4.56. The molecular formula is C14H22O4. The third kappa shape index (κ3) is 4.51. The van der Waals surface area contributed by atoms with Crippen LogP contribution < -0.4 is 0 Å². The van der Waals surface area contributed by atoms with Crippen molar-refractivity contribution in [3.63, 3.8) is 0 Å². The quantitative estimate of drug-likeness (QED) is 0.238. The fourth-order valence-electron chi connectivity index (χ4n) is 2.04. The van der Waals surface area contributed by atoms with Crippen molar-refractivity contribution in [2.24, 2.45) is 0 Å². The van der Waals surface area contributed by atoms with Crippen molar-refractivity contribution < 1.29 is 19.4 Å². The number of rotatable bonds is 8. The smallest absolute Gasteiger partial charge is 0.345 e. The SMILES string of the molecule is CCCCCCCCC/C(O)=C1\C(=O)COC1=O. The molecule has 1 rings (SSSR count). The number of hydrogen-bond acceptors (Lipinski definition) is 4. The van der Waals surface area contributed by atoms with E-state index in [-0.39, 0.29) is 17.9 Å². The van der Waals surface area contributed by atoms with Crippen LogP contribution in [0.4, 0.5) is 0 Å². The molecule has 4 heteroatoms. The lowest BCUT2D eigenvalue weighted by atomic mass is 10.1. The van der Waals surface area contributed by atoms with Crippen LogP contribution in [-0.2, 0) is 14.3 Å². The van der Waals surface area contributed by atoms with Crippen molar-refractivity contribution in [2.45, 2.75) is 58.3 Å². The van der Waals surface area contributed by atoms with Gasteiger partial charge in [-0.05, 0) is 6.42 Å². The first-order valence-electron chi connectivity index (χ1n) is 6.79. The topological polar surface area (TPSA) is 63.6 Å². The van der Waals surface area contributed by atoms with E-state index in [4.69, 9.17) is 0 Å². The molecule has 1 aliphatic heterocycles. The highest BCUT2D eigenvalue weighted by Gasteiger charge is 2.31. The molecule has 1 aliphatic rings. The number of aliphatic hydroxyl groups is 1. The van der Waals surface area contributed by atoms with Gasteiger partial charge in [-0.2, -0.15) is 0 Å². The highest BCUT2D eigenvalue weighted by molar-refractivity contribution is 6.22. The van der Waals surface area contributed by atoms with Crippen LogP contribution >= 0.6 is 0 Å². The number of esters is 1. The standard InChI is InChI=1S/C14H22O4/c1-2-3-4-5-6-7-8-9-11(15)13-12(16)10-18-14(13)17/h15H,2-10H2,1H3/b13-11-. The summed E-state index contributed by atoms with van der Waals surface area (Å²) in [5.74, 6) is -1.18. The van der Waals surface area contributed by atoms with E-state index in [1.807, 2.05) is 0 Å². The van der Waals surface area contributed by atoms with Crippen LogP contribution in [-0.4, -0.2) is 23.5 Å². The number of carbonyl (C=O) groups excluding carboxylic acids is 2. The largest absolute Gasteiger partial charge is 0.511 e. The zero-order chi connectivity index (χ0) is 13.4. The third-order valence-electron chi connectivity index (χ3n) is 3.12. The van der Waals surface area contributed by atoms with Crippen LogP contribution in [0.5, 0.6) is 0 Å². The van der Waals surface area contributed by atoms with Crippen molar-refractivity contribution in [3.05, 3.63) is 11.3 Å². The molecule has 0 unspecified atom stereocenters. The predicted octanol–water partition coefficient (Wildman–Crippen LogP) is 3.07. The van der Waals surface area contributed by atoms with Crippen molar-refractivity contribution in [2.75, 3.05) is 6.61 Å². The van der Waals surface area contributed by atoms with Crippen LogP contribution in [0.3, 0.4) is 0 Å². The van der Waals surface area contributed by atoms with Gasteiger partial charge in [0.25, 0.3) is 0 Å². The van der Waals surface area contributed by atoms with Crippen molar-refractivity contribution in [3.8, 4) is 0 Å². The van der Waals surface area contributed by atoms with E-state index in [0.717, 1.165) is 19.3 Å². The Bertz CT molecular complexity index is 313. The molecule has 0 aromatic rings. The number of hydrogen-bond donors (Lipinski definition) is 1. The first kappa shape index (κ1) is 14.7. The molecule has 102 valence electrons. The highest BCUT2D eigenvalue weighted by atomic mass is 16.5. The average Bonchev–Trinajstić information content (AvgIpc) is 2.68. The van der Waals surface area contributed by atoms with Crippen molar-refractivity contribution in [1.82, 2.24) is 0 Å². The monoisotopic (exact) mass is 254 g/mol. The summed E-state index contributed by atoms with van der Waals surface area (Å²) in [7, 11) is 0. The number of cyclic esters (lactones) is 1. The fourth-order valence-corrected chi connectivity index (χ4v) is 2.04. The van der Waals surface area contributed by atoms with Crippen LogP contribution in [0.15, 0.2) is 11.3 Å². The van der Waals surface area contributed by atoms with Gasteiger partial charge < -0.3 is 9.84 Å². The van der Waals surface area contributed by atoms with Gasteiger partial charge in [0.1, 0.15) is 11.3 Å². The molecule has 1 heterocycles. The van der Waals surface area contributed by atoms with E-state index < -0.39 is 11.8 Å². The van der Waals surface area contributed by atoms with Gasteiger partial charge in [-0.1, -0.05) is 45.4 Å². The Morgan fingerprint density at radius 3 is 2.28 bits per heavy atom. The van der Waals surface area contributed by atoms with E-state index in [2.05, 4.69) is 11.7 Å². The maximum absolute atomic E-state index is 11.3. The van der Waals surface area contributed by atoms with Gasteiger partial charge >= 0.3 is 5.97 Å². The van der Waals surface area contributed by atoms with E-state index >= 15 is 0 Å². The summed E-state index contributed by atoms with van der Waals surface area (Å²) in [6.45, 7) is 1.96.